The van der Waals surface area contributed by atoms with Crippen molar-refractivity contribution in [3.05, 3.63) is 41.6 Å². The van der Waals surface area contributed by atoms with Crippen molar-refractivity contribution in [2.24, 2.45) is 0 Å². The first-order valence-electron chi connectivity index (χ1n) is 4.56. The molecule has 0 aliphatic rings. The minimum absolute atomic E-state index is 0.980. The summed E-state index contributed by atoms with van der Waals surface area (Å²) in [4.78, 5) is 2.17. The van der Waals surface area contributed by atoms with Gasteiger partial charge in [0, 0.05) is 0 Å². The zero-order valence-electron chi connectivity index (χ0n) is 8.45. The molecule has 0 bridgehead atoms. The molecule has 1 nitrogen and oxygen atoms in total. The van der Waals surface area contributed by atoms with Crippen LogP contribution in [-0.4, -0.2) is 22.5 Å². The summed E-state index contributed by atoms with van der Waals surface area (Å²) in [6.45, 7) is 3.11. The van der Waals surface area contributed by atoms with Crippen molar-refractivity contribution < 1.29 is 19.4 Å². The number of nitrogens with zero attached hydrogens (tertiary/aromatic N) is 1. The molecule has 2 heteroatoms. The predicted molar refractivity (Wildman–Crippen MR) is 56.7 cm³/mol. The molecular weight excluding hydrogens is 342 g/mol. The fraction of sp³-hybridized carbons (Fsp3) is 0.250. The van der Waals surface area contributed by atoms with Gasteiger partial charge in [0.05, 0.1) is 0 Å². The molecule has 0 amide bonds. The molecule has 0 N–H and O–H groups in total. The van der Waals surface area contributed by atoms with Gasteiger partial charge in [0.2, 0.25) is 0 Å². The third kappa shape index (κ3) is 2.82. The molecule has 0 spiro atoms. The molecule has 0 saturated carbocycles. The van der Waals surface area contributed by atoms with Gasteiger partial charge in [0.1, 0.15) is 0 Å². The molecule has 1 aromatic rings. The fourth-order valence-electron chi connectivity index (χ4n) is 1.19. The van der Waals surface area contributed by atoms with Gasteiger partial charge in [-0.3, -0.25) is 0 Å². The van der Waals surface area contributed by atoms with Crippen LogP contribution in [0.5, 0.6) is 0 Å². The number of hydrogen-bond donors (Lipinski definition) is 0. The molecule has 0 fully saturated rings. The topological polar surface area (TPSA) is 3.24 Å². The van der Waals surface area contributed by atoms with Gasteiger partial charge in [-0.1, -0.05) is 0 Å². The average molecular weight is 355 g/mol. The summed E-state index contributed by atoms with van der Waals surface area (Å²) in [7, 11) is 2.07. The normalized spacial score (nSPS) is 8.71. The van der Waals surface area contributed by atoms with E-state index in [1.807, 2.05) is 18.2 Å². The summed E-state index contributed by atoms with van der Waals surface area (Å²) in [6, 6.07) is 10.3. The van der Waals surface area contributed by atoms with Gasteiger partial charge < -0.3 is 0 Å². The molecular formula is C12H13NW. The van der Waals surface area contributed by atoms with E-state index in [0.29, 0.717) is 0 Å². The molecule has 0 aliphatic heterocycles. The average Bonchev–Trinajstić information content (AvgIpc) is 2.26. The Bertz CT molecular complexity index is 371. The van der Waals surface area contributed by atoms with Crippen LogP contribution in [0, 0.1) is 0 Å². The first kappa shape index (κ1) is 11.2. The second kappa shape index (κ2) is 5.78. The van der Waals surface area contributed by atoms with E-state index in [2.05, 4.69) is 40.8 Å². The third-order valence-corrected chi connectivity index (χ3v) is 2.44. The second-order valence-electron chi connectivity index (χ2n) is 2.96. The molecule has 0 saturated heterocycles. The Kier molecular flexibility index (Phi) is 4.63. The Morgan fingerprint density at radius 3 is 2.50 bits per heavy atom. The van der Waals surface area contributed by atoms with Crippen LogP contribution in [-0.2, 0) is 19.4 Å². The Balaban J connectivity index is 3.15. The van der Waals surface area contributed by atoms with Gasteiger partial charge in [-0.15, -0.1) is 0 Å². The van der Waals surface area contributed by atoms with Gasteiger partial charge in [0.15, 0.2) is 0 Å². The van der Waals surface area contributed by atoms with Crippen LogP contribution in [0.25, 0.3) is 5.70 Å². The standard InChI is InChI=1S/C12H13N.W/c1-4-12(13(3)5-2)11-9-7-6-8-10-11;/h6-10H,5H2,2-3H3;. The molecule has 1 rings (SSSR count). The van der Waals surface area contributed by atoms with Gasteiger partial charge in [0.25, 0.3) is 0 Å². The van der Waals surface area contributed by atoms with Crippen molar-refractivity contribution in [2.75, 3.05) is 13.6 Å². The number of rotatable bonds is 3. The van der Waals surface area contributed by atoms with Gasteiger partial charge in [-0.05, 0) is 0 Å². The zero-order chi connectivity index (χ0) is 10.4. The van der Waals surface area contributed by atoms with Crippen molar-refractivity contribution in [1.82, 2.24) is 4.90 Å². The fourth-order valence-corrected chi connectivity index (χ4v) is 1.54. The molecule has 0 aromatic heterocycles. The van der Waals surface area contributed by atoms with Crippen molar-refractivity contribution in [1.29, 1.82) is 0 Å². The van der Waals surface area contributed by atoms with Crippen LogP contribution in [0.4, 0.5) is 0 Å². The minimum atomic E-state index is 0.980. The molecule has 0 radical (unpaired) electrons. The molecule has 0 unspecified atom stereocenters. The third-order valence-electron chi connectivity index (χ3n) is 2.07. The maximum absolute atomic E-state index is 3.18. The van der Waals surface area contributed by atoms with Crippen molar-refractivity contribution in [3.63, 3.8) is 0 Å². The van der Waals surface area contributed by atoms with Gasteiger partial charge in [-0.2, -0.15) is 0 Å². The van der Waals surface area contributed by atoms with Crippen molar-refractivity contribution in [2.45, 2.75) is 6.92 Å². The van der Waals surface area contributed by atoms with E-state index in [-0.39, 0.29) is 0 Å². The first-order valence-corrected chi connectivity index (χ1v) is 6.03. The number of benzene rings is 1. The summed E-state index contributed by atoms with van der Waals surface area (Å²) in [5, 5.41) is 0. The summed E-state index contributed by atoms with van der Waals surface area (Å²) in [5.74, 6) is 0. The van der Waals surface area contributed by atoms with Crippen LogP contribution in [0.15, 0.2) is 36.1 Å². The van der Waals surface area contributed by atoms with Crippen LogP contribution in [0.1, 0.15) is 12.5 Å². The summed E-state index contributed by atoms with van der Waals surface area (Å²) < 4.78 is 3.04. The van der Waals surface area contributed by atoms with Gasteiger partial charge >= 0.3 is 96.1 Å². The molecule has 1 aromatic carbocycles. The van der Waals surface area contributed by atoms with Crippen LogP contribution in [0.3, 0.4) is 0 Å². The van der Waals surface area contributed by atoms with E-state index < -0.39 is 0 Å². The maximum atomic E-state index is 3.18. The predicted octanol–water partition coefficient (Wildman–Crippen LogP) is 2.08. The first-order chi connectivity index (χ1) is 6.79. The molecule has 14 heavy (non-hydrogen) atoms. The monoisotopic (exact) mass is 355 g/mol. The molecule has 0 atom stereocenters. The molecule has 0 heterocycles. The Hall–Kier alpha value is -0.862. The summed E-state index contributed by atoms with van der Waals surface area (Å²) in [5.41, 5.74) is 5.49. The van der Waals surface area contributed by atoms with Crippen molar-refractivity contribution >= 4 is 9.75 Å². The van der Waals surface area contributed by atoms with E-state index in [0.717, 1.165) is 12.2 Å². The second-order valence-corrected chi connectivity index (χ2v) is 3.69. The SMILES string of the molecule is CCN(C)C(=C=[C]=[W])c1ccccc1. The Morgan fingerprint density at radius 1 is 1.36 bits per heavy atom. The Labute approximate surface area is 96.2 Å². The van der Waals surface area contributed by atoms with E-state index in [4.69, 9.17) is 0 Å². The van der Waals surface area contributed by atoms with Crippen LogP contribution in [0.2, 0.25) is 0 Å². The number of hydrogen-bond acceptors (Lipinski definition) is 1. The summed E-state index contributed by atoms with van der Waals surface area (Å²) >= 11 is 1.30. The van der Waals surface area contributed by atoms with Crippen molar-refractivity contribution in [3.8, 4) is 0 Å². The van der Waals surface area contributed by atoms with E-state index in [1.165, 1.54) is 24.9 Å². The van der Waals surface area contributed by atoms with Gasteiger partial charge in [-0.25, -0.2) is 0 Å². The molecule has 0 aliphatic carbocycles. The zero-order valence-corrected chi connectivity index (χ0v) is 11.4. The Morgan fingerprint density at radius 2 is 2.00 bits per heavy atom. The summed E-state index contributed by atoms with van der Waals surface area (Å²) in [6.07, 6.45) is 0. The van der Waals surface area contributed by atoms with E-state index in [9.17, 15) is 0 Å². The van der Waals surface area contributed by atoms with Crippen LogP contribution >= 0.6 is 0 Å². The van der Waals surface area contributed by atoms with Crippen LogP contribution < -0.4 is 0 Å². The molecule has 72 valence electrons. The van der Waals surface area contributed by atoms with E-state index >= 15 is 0 Å². The van der Waals surface area contributed by atoms with E-state index in [1.54, 1.807) is 0 Å². The quantitative estimate of drug-likeness (QED) is 0.751.